The van der Waals surface area contributed by atoms with Crippen molar-refractivity contribution in [2.75, 3.05) is 0 Å². The van der Waals surface area contributed by atoms with Gasteiger partial charge in [0.25, 0.3) is 0 Å². The highest BCUT2D eigenvalue weighted by atomic mass is 16.2. The number of carbonyl (C=O) groups is 3. The molecule has 0 unspecified atom stereocenters. The molecule has 0 saturated carbocycles. The second-order valence-electron chi connectivity index (χ2n) is 10.0. The van der Waals surface area contributed by atoms with E-state index < -0.39 is 11.6 Å². The van der Waals surface area contributed by atoms with Crippen LogP contribution in [0.3, 0.4) is 0 Å². The Hall–Kier alpha value is -3.51. The standard InChI is InChI=1S/C29H33N3O3/c1-29(2,30)28(35)32-26(17-22-18-31-25-10-6-5-9-24(22)25)27(34)16-19(13-14-33)15-21-12-11-20-7-3-4-8-23(20)21/h3-10,12,14,18-19,26,31H,11,13,15-17,30H2,1-2H3,(H,32,35)/t19-,26+/m0/s1. The van der Waals surface area contributed by atoms with Crippen LogP contribution in [-0.2, 0) is 27.2 Å². The van der Waals surface area contributed by atoms with Crippen LogP contribution in [0.25, 0.3) is 16.5 Å². The summed E-state index contributed by atoms with van der Waals surface area (Å²) in [6.45, 7) is 3.24. The SMILES string of the molecule is CC(C)(N)C(=O)N[C@H](Cc1c[nH]c2ccccc12)C(=O)C[C@@H](CC=O)CC1=CCc2ccccc21. The predicted molar refractivity (Wildman–Crippen MR) is 139 cm³/mol. The zero-order valence-electron chi connectivity index (χ0n) is 20.3. The first kappa shape index (κ1) is 24.6. The molecule has 1 heterocycles. The second-order valence-corrected chi connectivity index (χ2v) is 10.0. The van der Waals surface area contributed by atoms with E-state index in [-0.39, 0.29) is 24.0 Å². The van der Waals surface area contributed by atoms with Crippen LogP contribution in [0.1, 0.15) is 49.8 Å². The number of carbonyl (C=O) groups excluding carboxylic acids is 3. The summed E-state index contributed by atoms with van der Waals surface area (Å²) in [5.74, 6) is -0.604. The van der Waals surface area contributed by atoms with Gasteiger partial charge in [-0.05, 0) is 60.9 Å². The topological polar surface area (TPSA) is 105 Å². The summed E-state index contributed by atoms with van der Waals surface area (Å²) in [6.07, 6.45) is 7.33. The summed E-state index contributed by atoms with van der Waals surface area (Å²) in [6, 6.07) is 15.4. The van der Waals surface area contributed by atoms with Crippen molar-refractivity contribution in [3.63, 3.8) is 0 Å². The number of aromatic amines is 1. The van der Waals surface area contributed by atoms with E-state index in [4.69, 9.17) is 5.73 Å². The average Bonchev–Trinajstić information content (AvgIpc) is 3.42. The van der Waals surface area contributed by atoms with E-state index in [1.807, 2.05) is 42.6 Å². The molecule has 0 radical (unpaired) electrons. The van der Waals surface area contributed by atoms with Gasteiger partial charge in [0, 0.05) is 36.4 Å². The summed E-state index contributed by atoms with van der Waals surface area (Å²) in [5, 5.41) is 3.90. The molecule has 0 fully saturated rings. The third kappa shape index (κ3) is 5.77. The fourth-order valence-electron chi connectivity index (χ4n) is 4.77. The van der Waals surface area contributed by atoms with Crippen molar-refractivity contribution in [1.29, 1.82) is 0 Å². The number of rotatable bonds is 11. The molecule has 0 bridgehead atoms. The molecule has 4 N–H and O–H groups in total. The molecule has 6 heteroatoms. The highest BCUT2D eigenvalue weighted by Gasteiger charge is 2.30. The molecule has 6 nitrogen and oxygen atoms in total. The largest absolute Gasteiger partial charge is 0.361 e. The van der Waals surface area contributed by atoms with Gasteiger partial charge in [0.15, 0.2) is 5.78 Å². The van der Waals surface area contributed by atoms with Gasteiger partial charge >= 0.3 is 0 Å². The third-order valence-electron chi connectivity index (χ3n) is 6.74. The van der Waals surface area contributed by atoms with Crippen LogP contribution in [0.15, 0.2) is 60.8 Å². The monoisotopic (exact) mass is 471 g/mol. The normalized spacial score (nSPS) is 14.8. The minimum Gasteiger partial charge on any atom is -0.361 e. The molecular weight excluding hydrogens is 438 g/mol. The molecule has 182 valence electrons. The number of H-pyrrole nitrogens is 1. The number of Topliss-reactive ketones (excluding diaryl/α,β-unsaturated/α-hetero) is 1. The van der Waals surface area contributed by atoms with Gasteiger partial charge in [-0.25, -0.2) is 0 Å². The van der Waals surface area contributed by atoms with Gasteiger partial charge in [-0.1, -0.05) is 48.5 Å². The zero-order chi connectivity index (χ0) is 25.0. The van der Waals surface area contributed by atoms with E-state index in [0.717, 1.165) is 29.2 Å². The Balaban J connectivity index is 1.53. The van der Waals surface area contributed by atoms with Crippen molar-refractivity contribution in [3.05, 3.63) is 77.5 Å². The van der Waals surface area contributed by atoms with Crippen LogP contribution in [0, 0.1) is 5.92 Å². The number of benzene rings is 2. The Labute approximate surface area is 206 Å². The molecule has 1 amide bonds. The molecule has 2 aromatic carbocycles. The summed E-state index contributed by atoms with van der Waals surface area (Å²) in [4.78, 5) is 41.0. The number of hydrogen-bond donors (Lipinski definition) is 3. The van der Waals surface area contributed by atoms with E-state index in [1.54, 1.807) is 13.8 Å². The number of aldehydes is 1. The van der Waals surface area contributed by atoms with Crippen LogP contribution < -0.4 is 11.1 Å². The Morgan fingerprint density at radius 2 is 1.86 bits per heavy atom. The summed E-state index contributed by atoms with van der Waals surface area (Å²) in [7, 11) is 0. The van der Waals surface area contributed by atoms with E-state index in [1.165, 1.54) is 16.7 Å². The highest BCUT2D eigenvalue weighted by Crippen LogP contribution is 2.34. The number of nitrogens with two attached hydrogens (primary N) is 1. The first-order chi connectivity index (χ1) is 16.8. The van der Waals surface area contributed by atoms with E-state index in [2.05, 4.69) is 28.5 Å². The molecule has 1 aliphatic rings. The van der Waals surface area contributed by atoms with E-state index in [9.17, 15) is 14.4 Å². The van der Waals surface area contributed by atoms with Gasteiger partial charge in [-0.15, -0.1) is 0 Å². The number of nitrogens with one attached hydrogen (secondary N) is 2. The number of fused-ring (bicyclic) bond motifs is 2. The first-order valence-electron chi connectivity index (χ1n) is 12.1. The van der Waals surface area contributed by atoms with Gasteiger partial charge in [0.2, 0.25) is 5.91 Å². The van der Waals surface area contributed by atoms with Crippen molar-refractivity contribution in [1.82, 2.24) is 10.3 Å². The number of amides is 1. The van der Waals surface area contributed by atoms with Crippen molar-refractivity contribution in [3.8, 4) is 0 Å². The minimum atomic E-state index is -1.11. The fraction of sp³-hybridized carbons (Fsp3) is 0.345. The summed E-state index contributed by atoms with van der Waals surface area (Å²) >= 11 is 0. The molecular formula is C29H33N3O3. The lowest BCUT2D eigenvalue weighted by Crippen LogP contribution is -2.54. The maximum atomic E-state index is 13.6. The molecule has 1 aromatic heterocycles. The lowest BCUT2D eigenvalue weighted by molar-refractivity contribution is -0.130. The second kappa shape index (κ2) is 10.4. The Morgan fingerprint density at radius 3 is 2.63 bits per heavy atom. The quantitative estimate of drug-likeness (QED) is 0.366. The van der Waals surface area contributed by atoms with Gasteiger partial charge in [0.1, 0.15) is 6.29 Å². The molecule has 35 heavy (non-hydrogen) atoms. The maximum Gasteiger partial charge on any atom is 0.240 e. The van der Waals surface area contributed by atoms with Crippen LogP contribution in [0.5, 0.6) is 0 Å². The summed E-state index contributed by atoms with van der Waals surface area (Å²) in [5.41, 5.74) is 10.5. The third-order valence-corrected chi connectivity index (χ3v) is 6.74. The van der Waals surface area contributed by atoms with Gasteiger partial charge in [0.05, 0.1) is 11.6 Å². The molecule has 2 atom stereocenters. The van der Waals surface area contributed by atoms with Crippen LogP contribution in [0.4, 0.5) is 0 Å². The molecule has 0 aliphatic heterocycles. The number of hydrogen-bond acceptors (Lipinski definition) is 4. The molecule has 0 spiro atoms. The van der Waals surface area contributed by atoms with Crippen molar-refractivity contribution in [2.45, 2.75) is 57.5 Å². The van der Waals surface area contributed by atoms with Gasteiger partial charge in [-0.3, -0.25) is 9.59 Å². The predicted octanol–water partition coefficient (Wildman–Crippen LogP) is 4.13. The fourth-order valence-corrected chi connectivity index (χ4v) is 4.77. The van der Waals surface area contributed by atoms with Crippen molar-refractivity contribution < 1.29 is 14.4 Å². The highest BCUT2D eigenvalue weighted by molar-refractivity contribution is 5.93. The lowest BCUT2D eigenvalue weighted by atomic mass is 9.87. The van der Waals surface area contributed by atoms with E-state index >= 15 is 0 Å². The number of allylic oxidation sites excluding steroid dienone is 2. The Kier molecular flexibility index (Phi) is 7.31. The van der Waals surface area contributed by atoms with Crippen LogP contribution >= 0.6 is 0 Å². The molecule has 3 aromatic rings. The average molecular weight is 472 g/mol. The van der Waals surface area contributed by atoms with Crippen molar-refractivity contribution >= 4 is 34.5 Å². The smallest absolute Gasteiger partial charge is 0.240 e. The number of ketones is 1. The van der Waals surface area contributed by atoms with Crippen molar-refractivity contribution in [2.24, 2.45) is 11.7 Å². The molecule has 0 saturated heterocycles. The minimum absolute atomic E-state index is 0.0911. The number of para-hydroxylation sites is 1. The number of aromatic nitrogens is 1. The first-order valence-corrected chi connectivity index (χ1v) is 12.1. The molecule has 4 rings (SSSR count). The van der Waals surface area contributed by atoms with E-state index in [0.29, 0.717) is 19.3 Å². The summed E-state index contributed by atoms with van der Waals surface area (Å²) < 4.78 is 0. The molecule has 1 aliphatic carbocycles. The zero-order valence-corrected chi connectivity index (χ0v) is 20.3. The van der Waals surface area contributed by atoms with Gasteiger partial charge in [-0.2, -0.15) is 0 Å². The Morgan fingerprint density at radius 1 is 1.11 bits per heavy atom. The lowest BCUT2D eigenvalue weighted by Gasteiger charge is -2.25. The van der Waals surface area contributed by atoms with Crippen LogP contribution in [0.2, 0.25) is 0 Å². The Bertz CT molecular complexity index is 1270. The van der Waals surface area contributed by atoms with Crippen LogP contribution in [-0.4, -0.2) is 34.5 Å². The van der Waals surface area contributed by atoms with Gasteiger partial charge < -0.3 is 20.8 Å². The maximum absolute atomic E-state index is 13.6.